The molecule has 0 unspecified atom stereocenters. The summed E-state index contributed by atoms with van der Waals surface area (Å²) in [5.74, 6) is -0.517. The van der Waals surface area contributed by atoms with Crippen molar-refractivity contribution in [3.63, 3.8) is 0 Å². The van der Waals surface area contributed by atoms with Crippen molar-refractivity contribution in [1.29, 1.82) is 0 Å². The zero-order valence-electron chi connectivity index (χ0n) is 22.8. The first-order chi connectivity index (χ1) is 18.5. The van der Waals surface area contributed by atoms with E-state index in [-0.39, 0.29) is 24.8 Å². The van der Waals surface area contributed by atoms with E-state index in [1.165, 1.54) is 4.90 Å². The minimum Gasteiger partial charge on any atom is -0.354 e. The lowest BCUT2D eigenvalue weighted by atomic mass is 10.0. The maximum atomic E-state index is 14.1. The predicted octanol–water partition coefficient (Wildman–Crippen LogP) is 4.94. The zero-order valence-corrected chi connectivity index (χ0v) is 25.2. The third kappa shape index (κ3) is 8.93. The molecule has 0 aromatic heterocycles. The fraction of sp³-hybridized carbons (Fsp3) is 0.333. The Morgan fingerprint density at radius 1 is 0.949 bits per heavy atom. The topological polar surface area (TPSA) is 86.8 Å². The summed E-state index contributed by atoms with van der Waals surface area (Å²) in [7, 11) is -3.81. The molecule has 0 fully saturated rings. The number of nitrogens with zero attached hydrogens (tertiary/aromatic N) is 2. The lowest BCUT2D eigenvalue weighted by molar-refractivity contribution is -0.140. The van der Waals surface area contributed by atoms with Gasteiger partial charge in [0.05, 0.1) is 11.9 Å². The van der Waals surface area contributed by atoms with Crippen molar-refractivity contribution in [3.05, 3.63) is 100 Å². The molecule has 3 aromatic carbocycles. The summed E-state index contributed by atoms with van der Waals surface area (Å²) in [5, 5.41) is 2.99. The number of amides is 2. The molecule has 3 rings (SSSR count). The van der Waals surface area contributed by atoms with E-state index in [1.807, 2.05) is 75.4 Å². The van der Waals surface area contributed by atoms with Gasteiger partial charge in [-0.15, -0.1) is 0 Å². The number of carbonyl (C=O) groups is 2. The number of hydrogen-bond donors (Lipinski definition) is 1. The summed E-state index contributed by atoms with van der Waals surface area (Å²) < 4.78 is 27.5. The Bertz CT molecular complexity index is 1380. The van der Waals surface area contributed by atoms with Crippen molar-refractivity contribution in [2.75, 3.05) is 23.7 Å². The second kappa shape index (κ2) is 13.8. The SMILES string of the molecule is Cc1ccccc1CN(C(=O)CN(c1cccc(Br)c1)S(C)(=O)=O)[C@@H](Cc1ccccc1)C(=O)NCC(C)C. The van der Waals surface area contributed by atoms with Crippen molar-refractivity contribution in [1.82, 2.24) is 10.2 Å². The zero-order chi connectivity index (χ0) is 28.6. The third-order valence-corrected chi connectivity index (χ3v) is 7.97. The first kappa shape index (κ1) is 30.4. The van der Waals surface area contributed by atoms with Crippen molar-refractivity contribution in [2.45, 2.75) is 39.8 Å². The highest BCUT2D eigenvalue weighted by atomic mass is 79.9. The third-order valence-electron chi connectivity index (χ3n) is 6.33. The van der Waals surface area contributed by atoms with Crippen molar-refractivity contribution < 1.29 is 18.0 Å². The smallest absolute Gasteiger partial charge is 0.244 e. The predicted molar refractivity (Wildman–Crippen MR) is 160 cm³/mol. The van der Waals surface area contributed by atoms with Crippen LogP contribution in [0.25, 0.3) is 0 Å². The summed E-state index contributed by atoms with van der Waals surface area (Å²) in [5.41, 5.74) is 3.12. The molecule has 0 saturated heterocycles. The molecular weight excluding hydrogens is 578 g/mol. The van der Waals surface area contributed by atoms with Crippen LogP contribution in [0.5, 0.6) is 0 Å². The minimum atomic E-state index is -3.81. The summed E-state index contributed by atoms with van der Waals surface area (Å²) in [4.78, 5) is 29.2. The Hall–Kier alpha value is -3.17. The average Bonchev–Trinajstić information content (AvgIpc) is 2.88. The van der Waals surface area contributed by atoms with Gasteiger partial charge >= 0.3 is 0 Å². The van der Waals surface area contributed by atoms with Gasteiger partial charge in [-0.3, -0.25) is 13.9 Å². The van der Waals surface area contributed by atoms with E-state index in [9.17, 15) is 18.0 Å². The van der Waals surface area contributed by atoms with Crippen LogP contribution in [0.2, 0.25) is 0 Å². The van der Waals surface area contributed by atoms with E-state index in [0.717, 1.165) is 27.3 Å². The fourth-order valence-corrected chi connectivity index (χ4v) is 5.42. The summed E-state index contributed by atoms with van der Waals surface area (Å²) in [6.45, 7) is 6.14. The van der Waals surface area contributed by atoms with Gasteiger partial charge in [0.15, 0.2) is 0 Å². The van der Waals surface area contributed by atoms with E-state index in [0.29, 0.717) is 16.7 Å². The Morgan fingerprint density at radius 3 is 2.23 bits per heavy atom. The van der Waals surface area contributed by atoms with Gasteiger partial charge < -0.3 is 10.2 Å². The van der Waals surface area contributed by atoms with Crippen LogP contribution < -0.4 is 9.62 Å². The summed E-state index contributed by atoms with van der Waals surface area (Å²) in [6, 6.07) is 23.1. The molecule has 0 aliphatic rings. The molecule has 0 spiro atoms. The van der Waals surface area contributed by atoms with Crippen LogP contribution in [0, 0.1) is 12.8 Å². The number of nitrogens with one attached hydrogen (secondary N) is 1. The average molecular weight is 615 g/mol. The van der Waals surface area contributed by atoms with Crippen LogP contribution in [0.15, 0.2) is 83.3 Å². The number of sulfonamides is 1. The molecule has 0 radical (unpaired) electrons. The van der Waals surface area contributed by atoms with E-state index in [2.05, 4.69) is 21.2 Å². The number of rotatable bonds is 12. The van der Waals surface area contributed by atoms with Gasteiger partial charge in [0.1, 0.15) is 12.6 Å². The number of halogens is 1. The van der Waals surface area contributed by atoms with Crippen LogP contribution >= 0.6 is 15.9 Å². The molecule has 208 valence electrons. The maximum absolute atomic E-state index is 14.1. The lowest BCUT2D eigenvalue weighted by Crippen LogP contribution is -2.53. The quantitative estimate of drug-likeness (QED) is 0.314. The normalized spacial score (nSPS) is 12.2. The number of benzene rings is 3. The van der Waals surface area contributed by atoms with E-state index < -0.39 is 28.5 Å². The molecule has 7 nitrogen and oxygen atoms in total. The molecule has 0 heterocycles. The van der Waals surface area contributed by atoms with Crippen molar-refractivity contribution in [2.24, 2.45) is 5.92 Å². The molecule has 0 aliphatic heterocycles. The Balaban J connectivity index is 2.06. The van der Waals surface area contributed by atoms with Crippen LogP contribution in [-0.2, 0) is 32.6 Å². The standard InChI is InChI=1S/C30H36BrN3O4S/c1-22(2)19-32-30(36)28(17-24-12-6-5-7-13-24)33(20-25-14-9-8-11-23(25)3)29(35)21-34(39(4,37)38)27-16-10-15-26(31)18-27/h5-16,18,22,28H,17,19-21H2,1-4H3,(H,32,36)/t28-/m0/s1. The molecule has 3 aromatic rings. The highest BCUT2D eigenvalue weighted by Crippen LogP contribution is 2.24. The fourth-order valence-electron chi connectivity index (χ4n) is 4.19. The van der Waals surface area contributed by atoms with Gasteiger partial charge in [0.2, 0.25) is 21.8 Å². The molecule has 39 heavy (non-hydrogen) atoms. The first-order valence-electron chi connectivity index (χ1n) is 12.8. The highest BCUT2D eigenvalue weighted by Gasteiger charge is 2.33. The molecule has 0 bridgehead atoms. The molecule has 9 heteroatoms. The summed E-state index contributed by atoms with van der Waals surface area (Å²) in [6.07, 6.45) is 1.36. The lowest BCUT2D eigenvalue weighted by Gasteiger charge is -2.34. The maximum Gasteiger partial charge on any atom is 0.244 e. The van der Waals surface area contributed by atoms with Crippen LogP contribution in [0.4, 0.5) is 5.69 Å². The monoisotopic (exact) mass is 613 g/mol. The van der Waals surface area contributed by atoms with E-state index in [4.69, 9.17) is 0 Å². The molecule has 2 amide bonds. The van der Waals surface area contributed by atoms with Gasteiger partial charge in [-0.2, -0.15) is 0 Å². The second-order valence-electron chi connectivity index (χ2n) is 10.0. The number of aryl methyl sites for hydroxylation is 1. The number of carbonyl (C=O) groups excluding carboxylic acids is 2. The van der Waals surface area contributed by atoms with E-state index in [1.54, 1.807) is 24.3 Å². The largest absolute Gasteiger partial charge is 0.354 e. The highest BCUT2D eigenvalue weighted by molar-refractivity contribution is 9.10. The van der Waals surface area contributed by atoms with Gasteiger partial charge in [0, 0.05) is 24.0 Å². The van der Waals surface area contributed by atoms with Gasteiger partial charge in [-0.1, -0.05) is 90.4 Å². The number of hydrogen-bond acceptors (Lipinski definition) is 4. The Kier molecular flexibility index (Phi) is 10.7. The minimum absolute atomic E-state index is 0.161. The summed E-state index contributed by atoms with van der Waals surface area (Å²) >= 11 is 3.38. The first-order valence-corrected chi connectivity index (χ1v) is 15.5. The molecule has 0 aliphatic carbocycles. The van der Waals surface area contributed by atoms with Crippen LogP contribution in [0.3, 0.4) is 0 Å². The Morgan fingerprint density at radius 2 is 1.62 bits per heavy atom. The van der Waals surface area contributed by atoms with Gasteiger partial charge in [-0.05, 0) is 47.7 Å². The number of anilines is 1. The van der Waals surface area contributed by atoms with Crippen molar-refractivity contribution in [3.8, 4) is 0 Å². The molecule has 0 saturated carbocycles. The molecular formula is C30H36BrN3O4S. The van der Waals surface area contributed by atoms with E-state index >= 15 is 0 Å². The molecule has 1 atom stereocenters. The Labute approximate surface area is 240 Å². The molecule has 1 N–H and O–H groups in total. The van der Waals surface area contributed by atoms with Crippen LogP contribution in [0.1, 0.15) is 30.5 Å². The van der Waals surface area contributed by atoms with Crippen molar-refractivity contribution >= 4 is 43.5 Å². The van der Waals surface area contributed by atoms with Gasteiger partial charge in [0.25, 0.3) is 0 Å². The van der Waals surface area contributed by atoms with Crippen LogP contribution in [-0.4, -0.2) is 50.5 Å². The second-order valence-corrected chi connectivity index (χ2v) is 12.9. The van der Waals surface area contributed by atoms with Gasteiger partial charge in [-0.25, -0.2) is 8.42 Å².